The Balaban J connectivity index is 2.54. The van der Waals surface area contributed by atoms with E-state index in [0.29, 0.717) is 0 Å². The highest BCUT2D eigenvalue weighted by molar-refractivity contribution is 5.03. The predicted molar refractivity (Wildman–Crippen MR) is 37.5 cm³/mol. The second-order valence-corrected chi connectivity index (χ2v) is 3.86. The fourth-order valence-corrected chi connectivity index (χ4v) is 1.54. The first-order valence-electron chi connectivity index (χ1n) is 4.03. The molecule has 1 saturated carbocycles. The van der Waals surface area contributed by atoms with Gasteiger partial charge in [0, 0.05) is 12.3 Å². The third-order valence-corrected chi connectivity index (χ3v) is 2.26. The van der Waals surface area contributed by atoms with Crippen molar-refractivity contribution in [1.29, 1.82) is 0 Å². The third kappa shape index (κ3) is 1.31. The van der Waals surface area contributed by atoms with Crippen LogP contribution in [0.5, 0.6) is 0 Å². The number of rotatable bonds is 2. The van der Waals surface area contributed by atoms with E-state index in [4.69, 9.17) is 0 Å². The van der Waals surface area contributed by atoms with Crippen molar-refractivity contribution in [3.63, 3.8) is 0 Å². The van der Waals surface area contributed by atoms with Crippen molar-refractivity contribution in [3.8, 4) is 0 Å². The van der Waals surface area contributed by atoms with Gasteiger partial charge >= 0.3 is 11.8 Å². The molecule has 0 heterocycles. The first-order chi connectivity index (χ1) is 5.27. The van der Waals surface area contributed by atoms with E-state index in [-0.39, 0.29) is 12.3 Å². The summed E-state index contributed by atoms with van der Waals surface area (Å²) in [5.74, 6) is -8.59. The van der Waals surface area contributed by atoms with E-state index in [9.17, 15) is 17.6 Å². The number of alkyl halides is 4. The molecule has 0 aromatic rings. The zero-order chi connectivity index (χ0) is 9.57. The Bertz CT molecular complexity index is 172. The fraction of sp³-hybridized carbons (Fsp3) is 1.00. The summed E-state index contributed by atoms with van der Waals surface area (Å²) in [4.78, 5) is 0. The Morgan fingerprint density at radius 1 is 1.25 bits per heavy atom. The molecule has 1 rings (SSSR count). The van der Waals surface area contributed by atoms with Crippen LogP contribution in [0, 0.1) is 11.8 Å². The average Bonchev–Trinajstić information content (AvgIpc) is 1.85. The first kappa shape index (κ1) is 9.81. The van der Waals surface area contributed by atoms with Gasteiger partial charge in [-0.3, -0.25) is 0 Å². The molecule has 0 aromatic heterocycles. The van der Waals surface area contributed by atoms with E-state index in [1.54, 1.807) is 13.8 Å². The summed E-state index contributed by atoms with van der Waals surface area (Å²) < 4.78 is 49.7. The summed E-state index contributed by atoms with van der Waals surface area (Å²) >= 11 is 0. The van der Waals surface area contributed by atoms with Crippen molar-refractivity contribution in [2.75, 3.05) is 0 Å². The summed E-state index contributed by atoms with van der Waals surface area (Å²) in [6, 6.07) is 0. The van der Waals surface area contributed by atoms with Crippen molar-refractivity contribution in [2.45, 2.75) is 38.5 Å². The molecule has 0 bridgehead atoms. The molecule has 12 heavy (non-hydrogen) atoms. The lowest BCUT2D eigenvalue weighted by molar-refractivity contribution is -0.316. The van der Waals surface area contributed by atoms with Gasteiger partial charge in [0.15, 0.2) is 0 Å². The molecular weight excluding hydrogens is 172 g/mol. The molecule has 1 fully saturated rings. The number of halogens is 4. The molecule has 1 aliphatic carbocycles. The topological polar surface area (TPSA) is 0 Å². The van der Waals surface area contributed by atoms with Crippen LogP contribution in [-0.2, 0) is 0 Å². The minimum absolute atomic E-state index is 0.0528. The zero-order valence-corrected chi connectivity index (χ0v) is 7.08. The van der Waals surface area contributed by atoms with Crippen LogP contribution in [0.2, 0.25) is 0 Å². The average molecular weight is 184 g/mol. The van der Waals surface area contributed by atoms with Crippen LogP contribution in [0.3, 0.4) is 0 Å². The molecule has 4 heteroatoms. The van der Waals surface area contributed by atoms with Crippen LogP contribution in [0.4, 0.5) is 17.6 Å². The lowest BCUT2D eigenvalue weighted by Crippen LogP contribution is -2.58. The van der Waals surface area contributed by atoms with E-state index in [1.165, 1.54) is 0 Å². The second-order valence-electron chi connectivity index (χ2n) is 3.86. The highest BCUT2D eigenvalue weighted by Gasteiger charge is 2.70. The molecule has 0 unspecified atom stereocenters. The van der Waals surface area contributed by atoms with Crippen molar-refractivity contribution in [2.24, 2.45) is 11.8 Å². The molecule has 0 radical (unpaired) electrons. The molecule has 0 aliphatic heterocycles. The zero-order valence-electron chi connectivity index (χ0n) is 7.08. The summed E-state index contributed by atoms with van der Waals surface area (Å²) in [6.45, 7) is 3.51. The quantitative estimate of drug-likeness (QED) is 0.577. The third-order valence-electron chi connectivity index (χ3n) is 2.26. The Morgan fingerprint density at radius 3 is 2.00 bits per heavy atom. The van der Waals surface area contributed by atoms with E-state index in [1.807, 2.05) is 0 Å². The number of hydrogen-bond acceptors (Lipinski definition) is 0. The van der Waals surface area contributed by atoms with E-state index in [2.05, 4.69) is 0 Å². The van der Waals surface area contributed by atoms with Crippen LogP contribution in [0.1, 0.15) is 26.7 Å². The Labute approximate surface area is 69.0 Å². The molecule has 0 spiro atoms. The standard InChI is InChI=1S/C8H12F4/c1-5(2)3-6-4-7(9,10)8(6,11)12/h5-6H,3-4H2,1-2H3/t6-/m0/s1. The lowest BCUT2D eigenvalue weighted by Gasteiger charge is -2.44. The van der Waals surface area contributed by atoms with Gasteiger partial charge in [0.2, 0.25) is 0 Å². The molecule has 0 aromatic carbocycles. The van der Waals surface area contributed by atoms with E-state index in [0.717, 1.165) is 0 Å². The molecular formula is C8H12F4. The van der Waals surface area contributed by atoms with Crippen molar-refractivity contribution in [3.05, 3.63) is 0 Å². The van der Waals surface area contributed by atoms with E-state index >= 15 is 0 Å². The second kappa shape index (κ2) is 2.60. The van der Waals surface area contributed by atoms with Gasteiger partial charge in [-0.15, -0.1) is 0 Å². The van der Waals surface area contributed by atoms with Crippen LogP contribution in [0.15, 0.2) is 0 Å². The number of hydrogen-bond donors (Lipinski definition) is 0. The van der Waals surface area contributed by atoms with Crippen LogP contribution in [-0.4, -0.2) is 11.8 Å². The smallest absolute Gasteiger partial charge is 0.200 e. The van der Waals surface area contributed by atoms with Gasteiger partial charge in [0.25, 0.3) is 0 Å². The lowest BCUT2D eigenvalue weighted by atomic mass is 9.72. The van der Waals surface area contributed by atoms with Gasteiger partial charge in [-0.25, -0.2) is 0 Å². The monoisotopic (exact) mass is 184 g/mol. The molecule has 0 saturated heterocycles. The molecule has 0 N–H and O–H groups in total. The maximum absolute atomic E-state index is 12.6. The van der Waals surface area contributed by atoms with Gasteiger partial charge in [0.1, 0.15) is 0 Å². The van der Waals surface area contributed by atoms with Crippen LogP contribution in [0.25, 0.3) is 0 Å². The Hall–Kier alpha value is -0.280. The van der Waals surface area contributed by atoms with Crippen molar-refractivity contribution < 1.29 is 17.6 Å². The predicted octanol–water partition coefficient (Wildman–Crippen LogP) is 3.32. The van der Waals surface area contributed by atoms with Gasteiger partial charge in [0.05, 0.1) is 0 Å². The van der Waals surface area contributed by atoms with Crippen molar-refractivity contribution in [1.82, 2.24) is 0 Å². The van der Waals surface area contributed by atoms with Gasteiger partial charge in [-0.05, 0) is 12.3 Å². The van der Waals surface area contributed by atoms with Crippen LogP contribution >= 0.6 is 0 Å². The molecule has 72 valence electrons. The summed E-state index contributed by atoms with van der Waals surface area (Å²) in [5, 5.41) is 0. The normalized spacial score (nSPS) is 31.8. The Kier molecular flexibility index (Phi) is 2.13. The molecule has 0 nitrogen and oxygen atoms in total. The highest BCUT2D eigenvalue weighted by atomic mass is 19.3. The highest BCUT2D eigenvalue weighted by Crippen LogP contribution is 2.57. The summed E-state index contributed by atoms with van der Waals surface area (Å²) in [6.07, 6.45) is -0.471. The SMILES string of the molecule is CC(C)C[C@H]1CC(F)(F)C1(F)F. The molecule has 1 atom stereocenters. The summed E-state index contributed by atoms with van der Waals surface area (Å²) in [5.41, 5.74) is 0. The van der Waals surface area contributed by atoms with Crippen molar-refractivity contribution >= 4 is 0 Å². The summed E-state index contributed by atoms with van der Waals surface area (Å²) in [7, 11) is 0. The van der Waals surface area contributed by atoms with Gasteiger partial charge in [-0.2, -0.15) is 17.6 Å². The minimum atomic E-state index is -3.77. The van der Waals surface area contributed by atoms with E-state index < -0.39 is 24.2 Å². The molecule has 1 aliphatic rings. The maximum atomic E-state index is 12.6. The maximum Gasteiger partial charge on any atom is 0.313 e. The largest absolute Gasteiger partial charge is 0.313 e. The first-order valence-corrected chi connectivity index (χ1v) is 4.03. The minimum Gasteiger partial charge on any atom is -0.200 e. The Morgan fingerprint density at radius 2 is 1.75 bits per heavy atom. The van der Waals surface area contributed by atoms with Gasteiger partial charge in [-0.1, -0.05) is 13.8 Å². The molecule has 0 amide bonds. The van der Waals surface area contributed by atoms with Crippen LogP contribution < -0.4 is 0 Å². The van der Waals surface area contributed by atoms with Gasteiger partial charge < -0.3 is 0 Å². The fourth-order valence-electron chi connectivity index (χ4n) is 1.54.